The number of carbonyl (C=O) groups excluding carboxylic acids is 1. The molecule has 19 heavy (non-hydrogen) atoms. The number of nitrogens with one attached hydrogen (secondary N) is 1. The van der Waals surface area contributed by atoms with Crippen LogP contribution in [0, 0.1) is 0 Å². The fourth-order valence-electron chi connectivity index (χ4n) is 2.05. The summed E-state index contributed by atoms with van der Waals surface area (Å²) in [7, 11) is 0. The summed E-state index contributed by atoms with van der Waals surface area (Å²) in [5, 5.41) is 2.96. The summed E-state index contributed by atoms with van der Waals surface area (Å²) < 4.78 is 0. The number of hydrogen-bond acceptors (Lipinski definition) is 2. The average Bonchev–Trinajstić information content (AvgIpc) is 2.46. The molecule has 0 aliphatic rings. The number of benzene rings is 1. The van der Waals surface area contributed by atoms with Gasteiger partial charge in [-0.25, -0.2) is 0 Å². The first-order valence-electron chi connectivity index (χ1n) is 7.35. The third-order valence-electron chi connectivity index (χ3n) is 3.24. The zero-order valence-electron chi connectivity index (χ0n) is 12.0. The predicted octanol–water partition coefficient (Wildman–Crippen LogP) is 3.24. The molecule has 1 rings (SSSR count). The molecule has 0 heterocycles. The summed E-state index contributed by atoms with van der Waals surface area (Å²) in [5.41, 5.74) is 7.26. The zero-order chi connectivity index (χ0) is 13.9. The summed E-state index contributed by atoms with van der Waals surface area (Å²) in [4.78, 5) is 11.9. The largest absolute Gasteiger partial charge is 0.352 e. The van der Waals surface area contributed by atoms with Crippen LogP contribution < -0.4 is 11.1 Å². The van der Waals surface area contributed by atoms with Crippen LogP contribution in [0.4, 0.5) is 0 Å². The highest BCUT2D eigenvalue weighted by Gasteiger charge is 2.04. The van der Waals surface area contributed by atoms with Gasteiger partial charge in [0, 0.05) is 18.7 Å². The monoisotopic (exact) mass is 262 g/mol. The molecule has 3 nitrogen and oxygen atoms in total. The van der Waals surface area contributed by atoms with Gasteiger partial charge in [-0.1, -0.05) is 51.2 Å². The van der Waals surface area contributed by atoms with Crippen LogP contribution in [-0.4, -0.2) is 12.5 Å². The van der Waals surface area contributed by atoms with E-state index in [1.807, 2.05) is 24.3 Å². The van der Waals surface area contributed by atoms with Gasteiger partial charge in [0.05, 0.1) is 0 Å². The van der Waals surface area contributed by atoms with Crippen molar-refractivity contribution in [2.75, 3.05) is 6.54 Å². The van der Waals surface area contributed by atoms with Crippen LogP contribution in [0.15, 0.2) is 24.3 Å². The lowest BCUT2D eigenvalue weighted by molar-refractivity contribution is 0.0953. The molecule has 0 aliphatic heterocycles. The first-order valence-corrected chi connectivity index (χ1v) is 7.35. The van der Waals surface area contributed by atoms with E-state index in [4.69, 9.17) is 5.73 Å². The maximum atomic E-state index is 11.9. The summed E-state index contributed by atoms with van der Waals surface area (Å²) in [6.07, 6.45) is 7.43. The number of unbranched alkanes of at least 4 members (excludes halogenated alkanes) is 5. The molecule has 0 bridgehead atoms. The first kappa shape index (κ1) is 15.7. The highest BCUT2D eigenvalue weighted by atomic mass is 16.1. The number of hydrogen-bond donors (Lipinski definition) is 2. The van der Waals surface area contributed by atoms with Gasteiger partial charge < -0.3 is 11.1 Å². The normalized spacial score (nSPS) is 10.4. The lowest BCUT2D eigenvalue weighted by atomic mass is 10.1. The summed E-state index contributed by atoms with van der Waals surface area (Å²) in [6.45, 7) is 3.45. The Kier molecular flexibility index (Phi) is 7.91. The van der Waals surface area contributed by atoms with E-state index in [9.17, 15) is 4.79 Å². The van der Waals surface area contributed by atoms with Crippen LogP contribution in [0.2, 0.25) is 0 Å². The Balaban J connectivity index is 2.20. The van der Waals surface area contributed by atoms with Gasteiger partial charge in [-0.3, -0.25) is 4.79 Å². The second kappa shape index (κ2) is 9.56. The summed E-state index contributed by atoms with van der Waals surface area (Å²) in [5.74, 6) is 0.00357. The van der Waals surface area contributed by atoms with Gasteiger partial charge in [0.1, 0.15) is 0 Å². The summed E-state index contributed by atoms with van der Waals surface area (Å²) >= 11 is 0. The van der Waals surface area contributed by atoms with E-state index in [0.717, 1.165) is 18.5 Å². The minimum absolute atomic E-state index is 0.00357. The number of rotatable bonds is 9. The Bertz CT molecular complexity index is 377. The molecule has 1 amide bonds. The molecule has 3 N–H and O–H groups in total. The second-order valence-corrected chi connectivity index (χ2v) is 4.93. The van der Waals surface area contributed by atoms with Gasteiger partial charge >= 0.3 is 0 Å². The van der Waals surface area contributed by atoms with Gasteiger partial charge in [0.25, 0.3) is 5.91 Å². The van der Waals surface area contributed by atoms with E-state index in [-0.39, 0.29) is 5.91 Å². The molecule has 0 atom stereocenters. The fourth-order valence-corrected chi connectivity index (χ4v) is 2.05. The van der Waals surface area contributed by atoms with Gasteiger partial charge in [0.15, 0.2) is 0 Å². The zero-order valence-corrected chi connectivity index (χ0v) is 12.0. The molecule has 106 valence electrons. The Hall–Kier alpha value is -1.35. The van der Waals surface area contributed by atoms with Gasteiger partial charge in [-0.2, -0.15) is 0 Å². The van der Waals surface area contributed by atoms with E-state index in [2.05, 4.69) is 12.2 Å². The average molecular weight is 262 g/mol. The van der Waals surface area contributed by atoms with E-state index < -0.39 is 0 Å². The van der Waals surface area contributed by atoms with E-state index >= 15 is 0 Å². The Labute approximate surface area is 116 Å². The van der Waals surface area contributed by atoms with Crippen molar-refractivity contribution in [3.8, 4) is 0 Å². The van der Waals surface area contributed by atoms with Crippen molar-refractivity contribution in [3.05, 3.63) is 35.4 Å². The maximum absolute atomic E-state index is 11.9. The van der Waals surface area contributed by atoms with Crippen LogP contribution in [0.3, 0.4) is 0 Å². The van der Waals surface area contributed by atoms with Crippen LogP contribution in [0.5, 0.6) is 0 Å². The predicted molar refractivity (Wildman–Crippen MR) is 80.0 cm³/mol. The van der Waals surface area contributed by atoms with Crippen molar-refractivity contribution in [3.63, 3.8) is 0 Å². The molecular weight excluding hydrogens is 236 g/mol. The van der Waals surface area contributed by atoms with E-state index in [0.29, 0.717) is 12.1 Å². The highest BCUT2D eigenvalue weighted by molar-refractivity contribution is 5.94. The number of amides is 1. The molecule has 0 fully saturated rings. The molecule has 3 heteroatoms. The van der Waals surface area contributed by atoms with E-state index in [1.54, 1.807) is 0 Å². The molecule has 0 aromatic heterocycles. The smallest absolute Gasteiger partial charge is 0.251 e. The topological polar surface area (TPSA) is 55.1 Å². The standard InChI is InChI=1S/C16H26N2O/c1-2-3-4-5-6-7-11-18-16(19)15-10-8-9-14(12-15)13-17/h8-10,12H,2-7,11,13,17H2,1H3,(H,18,19). The maximum Gasteiger partial charge on any atom is 0.251 e. The van der Waals surface area contributed by atoms with Crippen molar-refractivity contribution in [1.82, 2.24) is 5.32 Å². The number of carbonyl (C=O) groups is 1. The van der Waals surface area contributed by atoms with Crippen molar-refractivity contribution >= 4 is 5.91 Å². The molecule has 1 aromatic carbocycles. The molecule has 0 unspecified atom stereocenters. The third-order valence-corrected chi connectivity index (χ3v) is 3.24. The number of nitrogens with two attached hydrogens (primary N) is 1. The minimum Gasteiger partial charge on any atom is -0.352 e. The Morgan fingerprint density at radius 1 is 1.16 bits per heavy atom. The molecule has 0 saturated carbocycles. The lowest BCUT2D eigenvalue weighted by Crippen LogP contribution is -2.24. The van der Waals surface area contributed by atoms with Gasteiger partial charge in [0.2, 0.25) is 0 Å². The second-order valence-electron chi connectivity index (χ2n) is 4.93. The molecule has 0 saturated heterocycles. The van der Waals surface area contributed by atoms with E-state index in [1.165, 1.54) is 32.1 Å². The summed E-state index contributed by atoms with van der Waals surface area (Å²) in [6, 6.07) is 7.50. The SMILES string of the molecule is CCCCCCCCNC(=O)c1cccc(CN)c1. The molecular formula is C16H26N2O. The fraction of sp³-hybridized carbons (Fsp3) is 0.562. The van der Waals surface area contributed by atoms with Crippen molar-refractivity contribution in [2.24, 2.45) is 5.73 Å². The van der Waals surface area contributed by atoms with Crippen molar-refractivity contribution < 1.29 is 4.79 Å². The van der Waals surface area contributed by atoms with Crippen LogP contribution in [0.1, 0.15) is 61.4 Å². The minimum atomic E-state index is 0.00357. The van der Waals surface area contributed by atoms with Crippen molar-refractivity contribution in [1.29, 1.82) is 0 Å². The van der Waals surface area contributed by atoms with Crippen LogP contribution in [-0.2, 0) is 6.54 Å². The Morgan fingerprint density at radius 3 is 2.63 bits per heavy atom. The van der Waals surface area contributed by atoms with Crippen LogP contribution in [0.25, 0.3) is 0 Å². The lowest BCUT2D eigenvalue weighted by Gasteiger charge is -2.06. The quantitative estimate of drug-likeness (QED) is 0.671. The third kappa shape index (κ3) is 6.39. The molecule has 0 radical (unpaired) electrons. The van der Waals surface area contributed by atoms with Crippen LogP contribution >= 0.6 is 0 Å². The Morgan fingerprint density at radius 2 is 1.89 bits per heavy atom. The molecule has 0 spiro atoms. The highest BCUT2D eigenvalue weighted by Crippen LogP contribution is 2.06. The van der Waals surface area contributed by atoms with Gasteiger partial charge in [-0.05, 0) is 24.1 Å². The first-order chi connectivity index (χ1) is 9.27. The van der Waals surface area contributed by atoms with Crippen molar-refractivity contribution in [2.45, 2.75) is 52.0 Å². The molecule has 0 aliphatic carbocycles. The molecule has 1 aromatic rings. The van der Waals surface area contributed by atoms with Gasteiger partial charge in [-0.15, -0.1) is 0 Å².